The van der Waals surface area contributed by atoms with Crippen molar-refractivity contribution in [3.05, 3.63) is 42.7 Å². The molecule has 0 bridgehead atoms. The molecule has 0 atom stereocenters. The van der Waals surface area contributed by atoms with Gasteiger partial charge in [-0.25, -0.2) is 9.97 Å². The minimum absolute atomic E-state index is 0.0136. The van der Waals surface area contributed by atoms with Gasteiger partial charge in [-0.15, -0.1) is 0 Å². The zero-order valence-corrected chi connectivity index (χ0v) is 16.2. The third kappa shape index (κ3) is 6.09. The molecule has 0 unspecified atom stereocenters. The van der Waals surface area contributed by atoms with E-state index in [1.165, 1.54) is 0 Å². The summed E-state index contributed by atoms with van der Waals surface area (Å²) >= 11 is 0. The molecule has 8 nitrogen and oxygen atoms in total. The Balaban J connectivity index is 1.30. The van der Waals surface area contributed by atoms with Crippen LogP contribution in [0.3, 0.4) is 0 Å². The van der Waals surface area contributed by atoms with Crippen LogP contribution in [-0.4, -0.2) is 73.3 Å². The molecule has 1 saturated heterocycles. The number of amides is 1. The lowest BCUT2D eigenvalue weighted by Crippen LogP contribution is -2.50. The molecule has 2 aromatic rings. The summed E-state index contributed by atoms with van der Waals surface area (Å²) in [6.07, 6.45) is 3.50. The van der Waals surface area contributed by atoms with Gasteiger partial charge in [-0.1, -0.05) is 0 Å². The minimum Gasteiger partial charge on any atom is -0.494 e. The van der Waals surface area contributed by atoms with Crippen molar-refractivity contribution < 1.29 is 14.3 Å². The fourth-order valence-electron chi connectivity index (χ4n) is 2.98. The van der Waals surface area contributed by atoms with E-state index in [4.69, 9.17) is 9.47 Å². The van der Waals surface area contributed by atoms with Crippen molar-refractivity contribution in [1.82, 2.24) is 20.2 Å². The van der Waals surface area contributed by atoms with Crippen LogP contribution in [0.2, 0.25) is 0 Å². The van der Waals surface area contributed by atoms with E-state index in [-0.39, 0.29) is 5.91 Å². The van der Waals surface area contributed by atoms with Crippen molar-refractivity contribution in [3.8, 4) is 11.5 Å². The normalized spacial score (nSPS) is 14.5. The van der Waals surface area contributed by atoms with Crippen molar-refractivity contribution >= 4 is 11.9 Å². The summed E-state index contributed by atoms with van der Waals surface area (Å²) in [5.74, 6) is 2.34. The number of piperazine rings is 1. The van der Waals surface area contributed by atoms with E-state index in [1.54, 1.807) is 12.4 Å². The lowest BCUT2D eigenvalue weighted by Gasteiger charge is -2.34. The van der Waals surface area contributed by atoms with Crippen LogP contribution in [0, 0.1) is 0 Å². The first-order valence-corrected chi connectivity index (χ1v) is 9.61. The lowest BCUT2D eigenvalue weighted by molar-refractivity contribution is -0.122. The molecule has 8 heteroatoms. The molecule has 1 aliphatic heterocycles. The molecule has 1 aromatic heterocycles. The molecule has 1 fully saturated rings. The standard InChI is InChI=1S/C20H27N5O3/c1-2-27-17-4-6-18(7-5-17)28-15-10-21-19(26)16-24-11-13-25(14-12-24)20-22-8-3-9-23-20/h3-9H,2,10-16H2,1H3,(H,21,26). The van der Waals surface area contributed by atoms with Gasteiger partial charge in [-0.2, -0.15) is 0 Å². The second kappa shape index (κ2) is 10.5. The van der Waals surface area contributed by atoms with Gasteiger partial charge in [-0.3, -0.25) is 9.69 Å². The molecule has 2 heterocycles. The van der Waals surface area contributed by atoms with Crippen molar-refractivity contribution in [3.63, 3.8) is 0 Å². The minimum atomic E-state index is 0.0136. The summed E-state index contributed by atoms with van der Waals surface area (Å²) < 4.78 is 11.0. The van der Waals surface area contributed by atoms with Gasteiger partial charge in [0.15, 0.2) is 0 Å². The van der Waals surface area contributed by atoms with Gasteiger partial charge in [0.2, 0.25) is 11.9 Å². The van der Waals surface area contributed by atoms with Crippen LogP contribution < -0.4 is 19.7 Å². The third-order valence-corrected chi connectivity index (χ3v) is 4.40. The molecule has 28 heavy (non-hydrogen) atoms. The Kier molecular flexibility index (Phi) is 7.43. The van der Waals surface area contributed by atoms with Gasteiger partial charge in [0, 0.05) is 38.6 Å². The summed E-state index contributed by atoms with van der Waals surface area (Å²) in [6, 6.07) is 9.28. The Morgan fingerprint density at radius 3 is 2.32 bits per heavy atom. The predicted molar refractivity (Wildman–Crippen MR) is 107 cm³/mol. The second-order valence-electron chi connectivity index (χ2n) is 6.41. The van der Waals surface area contributed by atoms with E-state index in [9.17, 15) is 4.79 Å². The summed E-state index contributed by atoms with van der Waals surface area (Å²) in [5, 5.41) is 2.91. The van der Waals surface area contributed by atoms with Gasteiger partial charge < -0.3 is 19.7 Å². The number of hydrogen-bond donors (Lipinski definition) is 1. The van der Waals surface area contributed by atoms with E-state index in [2.05, 4.69) is 25.1 Å². The zero-order valence-electron chi connectivity index (χ0n) is 16.2. The molecule has 1 aromatic carbocycles. The van der Waals surface area contributed by atoms with Crippen molar-refractivity contribution in [2.24, 2.45) is 0 Å². The fraction of sp³-hybridized carbons (Fsp3) is 0.450. The molecule has 1 amide bonds. The maximum Gasteiger partial charge on any atom is 0.234 e. The zero-order chi connectivity index (χ0) is 19.6. The number of nitrogens with one attached hydrogen (secondary N) is 1. The summed E-state index contributed by atoms with van der Waals surface area (Å²) in [7, 11) is 0. The predicted octanol–water partition coefficient (Wildman–Crippen LogP) is 1.19. The molecule has 0 saturated carbocycles. The SMILES string of the molecule is CCOc1ccc(OCCNC(=O)CN2CCN(c3ncccn3)CC2)cc1. The fourth-order valence-corrected chi connectivity index (χ4v) is 2.98. The average Bonchev–Trinajstić information content (AvgIpc) is 2.74. The van der Waals surface area contributed by atoms with Crippen molar-refractivity contribution in [2.45, 2.75) is 6.92 Å². The first-order chi connectivity index (χ1) is 13.7. The van der Waals surface area contributed by atoms with E-state index in [0.717, 1.165) is 43.6 Å². The largest absolute Gasteiger partial charge is 0.494 e. The molecule has 0 aliphatic carbocycles. The van der Waals surface area contributed by atoms with Gasteiger partial charge in [0.25, 0.3) is 0 Å². The van der Waals surface area contributed by atoms with E-state index in [1.807, 2.05) is 37.3 Å². The van der Waals surface area contributed by atoms with Gasteiger partial charge in [-0.05, 0) is 37.3 Å². The molecule has 1 N–H and O–H groups in total. The molecule has 1 aliphatic rings. The molecule has 150 valence electrons. The van der Waals surface area contributed by atoms with Gasteiger partial charge in [0.1, 0.15) is 18.1 Å². The number of hydrogen-bond acceptors (Lipinski definition) is 7. The second-order valence-corrected chi connectivity index (χ2v) is 6.41. The number of aromatic nitrogens is 2. The Morgan fingerprint density at radius 1 is 1.04 bits per heavy atom. The Morgan fingerprint density at radius 2 is 1.68 bits per heavy atom. The van der Waals surface area contributed by atoms with E-state index < -0.39 is 0 Å². The number of nitrogens with zero attached hydrogens (tertiary/aromatic N) is 4. The molecule has 3 rings (SSSR count). The maximum atomic E-state index is 12.1. The maximum absolute atomic E-state index is 12.1. The van der Waals surface area contributed by atoms with E-state index >= 15 is 0 Å². The number of benzene rings is 1. The molecule has 0 spiro atoms. The third-order valence-electron chi connectivity index (χ3n) is 4.40. The quantitative estimate of drug-likeness (QED) is 0.650. The van der Waals surface area contributed by atoms with Crippen LogP contribution >= 0.6 is 0 Å². The molecular weight excluding hydrogens is 358 g/mol. The number of carbonyl (C=O) groups excluding carboxylic acids is 1. The smallest absolute Gasteiger partial charge is 0.234 e. The monoisotopic (exact) mass is 385 g/mol. The highest BCUT2D eigenvalue weighted by atomic mass is 16.5. The Hall–Kier alpha value is -2.87. The van der Waals surface area contributed by atoms with Crippen molar-refractivity contribution in [1.29, 1.82) is 0 Å². The molecule has 0 radical (unpaired) electrons. The number of carbonyl (C=O) groups is 1. The summed E-state index contributed by atoms with van der Waals surface area (Å²) in [6.45, 7) is 7.15. The Bertz CT molecular complexity index is 718. The Labute approximate surface area is 165 Å². The molecular formula is C20H27N5O3. The van der Waals surface area contributed by atoms with Crippen LogP contribution in [0.1, 0.15) is 6.92 Å². The average molecular weight is 385 g/mol. The number of ether oxygens (including phenoxy) is 2. The van der Waals surface area contributed by atoms with Crippen LogP contribution in [0.15, 0.2) is 42.7 Å². The number of rotatable bonds is 9. The summed E-state index contributed by atoms with van der Waals surface area (Å²) in [5.41, 5.74) is 0. The van der Waals surface area contributed by atoms with Gasteiger partial charge >= 0.3 is 0 Å². The van der Waals surface area contributed by atoms with Crippen molar-refractivity contribution in [2.75, 3.05) is 57.4 Å². The van der Waals surface area contributed by atoms with Crippen LogP contribution in [-0.2, 0) is 4.79 Å². The first kappa shape index (κ1) is 19.9. The first-order valence-electron chi connectivity index (χ1n) is 9.61. The number of anilines is 1. The summed E-state index contributed by atoms with van der Waals surface area (Å²) in [4.78, 5) is 25.0. The topological polar surface area (TPSA) is 79.8 Å². The van der Waals surface area contributed by atoms with Gasteiger partial charge in [0.05, 0.1) is 19.7 Å². The van der Waals surface area contributed by atoms with E-state index in [0.29, 0.717) is 26.3 Å². The highest BCUT2D eigenvalue weighted by molar-refractivity contribution is 5.78. The van der Waals surface area contributed by atoms with Crippen LogP contribution in [0.5, 0.6) is 11.5 Å². The van der Waals surface area contributed by atoms with Crippen LogP contribution in [0.4, 0.5) is 5.95 Å². The highest BCUT2D eigenvalue weighted by Crippen LogP contribution is 2.17. The highest BCUT2D eigenvalue weighted by Gasteiger charge is 2.20. The van der Waals surface area contributed by atoms with Crippen LogP contribution in [0.25, 0.3) is 0 Å². The lowest BCUT2D eigenvalue weighted by atomic mass is 10.3.